The molecule has 112 valence electrons. The predicted octanol–water partition coefficient (Wildman–Crippen LogP) is 1.76. The summed E-state index contributed by atoms with van der Waals surface area (Å²) in [6.45, 7) is 1.50. The van der Waals surface area contributed by atoms with Crippen LogP contribution in [0.2, 0.25) is 0 Å². The third-order valence-electron chi connectivity index (χ3n) is 2.40. The summed E-state index contributed by atoms with van der Waals surface area (Å²) in [5, 5.41) is 12.1. The van der Waals surface area contributed by atoms with Gasteiger partial charge in [0.15, 0.2) is 17.5 Å². The number of aromatic nitrogens is 1. The molecule has 2 aromatic rings. The first-order chi connectivity index (χ1) is 9.70. The number of aryl methyl sites for hydroxylation is 1. The average Bonchev–Trinajstić information content (AvgIpc) is 2.76. The summed E-state index contributed by atoms with van der Waals surface area (Å²) < 4.78 is 57.3. The highest BCUT2D eigenvalue weighted by Gasteiger charge is 2.25. The van der Waals surface area contributed by atoms with Gasteiger partial charge in [-0.25, -0.2) is 22.0 Å². The lowest BCUT2D eigenvalue weighted by Crippen LogP contribution is -2.16. The molecule has 0 bridgehead atoms. The molecule has 0 aliphatic rings. The van der Waals surface area contributed by atoms with Gasteiger partial charge in [0.25, 0.3) is 10.0 Å². The fourth-order valence-electron chi connectivity index (χ4n) is 1.49. The molecule has 0 unspecified atom stereocenters. The molecule has 10 heteroatoms. The summed E-state index contributed by atoms with van der Waals surface area (Å²) in [4.78, 5) is 9.64. The van der Waals surface area contributed by atoms with Crippen molar-refractivity contribution < 1.29 is 31.6 Å². The third-order valence-corrected chi connectivity index (χ3v) is 3.75. The zero-order valence-electron chi connectivity index (χ0n) is 10.4. The first-order valence-electron chi connectivity index (χ1n) is 5.39. The minimum Gasteiger partial charge on any atom is -0.478 e. The molecule has 0 atom stereocenters. The van der Waals surface area contributed by atoms with Gasteiger partial charge < -0.3 is 9.63 Å². The average molecular weight is 318 g/mol. The molecule has 0 amide bonds. The molecule has 0 radical (unpaired) electrons. The summed E-state index contributed by atoms with van der Waals surface area (Å²) in [5.41, 5.74) is -0.703. The Morgan fingerprint density at radius 1 is 1.33 bits per heavy atom. The number of aromatic carboxylic acids is 1. The molecule has 2 rings (SSSR count). The zero-order valence-corrected chi connectivity index (χ0v) is 11.2. The van der Waals surface area contributed by atoms with Gasteiger partial charge in [0.2, 0.25) is 0 Å². The van der Waals surface area contributed by atoms with Gasteiger partial charge in [0.1, 0.15) is 10.7 Å². The summed E-state index contributed by atoms with van der Waals surface area (Å²) in [5.74, 6) is -4.83. The molecule has 21 heavy (non-hydrogen) atoms. The second-order valence-electron chi connectivity index (χ2n) is 4.00. The maximum atomic E-state index is 13.6. The van der Waals surface area contributed by atoms with Crippen LogP contribution in [0.5, 0.6) is 0 Å². The number of sulfonamides is 1. The van der Waals surface area contributed by atoms with E-state index in [-0.39, 0.29) is 5.82 Å². The Morgan fingerprint density at radius 3 is 2.52 bits per heavy atom. The minimum absolute atomic E-state index is 0.243. The predicted molar refractivity (Wildman–Crippen MR) is 65.4 cm³/mol. The van der Waals surface area contributed by atoms with E-state index in [0.717, 1.165) is 0 Å². The Morgan fingerprint density at radius 2 is 2.00 bits per heavy atom. The van der Waals surface area contributed by atoms with Crippen LogP contribution in [-0.2, 0) is 10.0 Å². The second kappa shape index (κ2) is 5.13. The Hall–Kier alpha value is -2.49. The van der Waals surface area contributed by atoms with E-state index in [1.54, 1.807) is 0 Å². The lowest BCUT2D eigenvalue weighted by atomic mass is 10.2. The third kappa shape index (κ3) is 2.99. The number of nitrogens with zero attached hydrogens (tertiary/aromatic N) is 1. The molecular weight excluding hydrogens is 310 g/mol. The van der Waals surface area contributed by atoms with E-state index in [1.165, 1.54) is 13.0 Å². The van der Waals surface area contributed by atoms with Crippen molar-refractivity contribution in [2.24, 2.45) is 0 Å². The molecule has 1 heterocycles. The monoisotopic (exact) mass is 318 g/mol. The van der Waals surface area contributed by atoms with Crippen LogP contribution in [0.25, 0.3) is 0 Å². The number of anilines is 1. The molecule has 0 aliphatic heterocycles. The minimum atomic E-state index is -4.56. The number of hydrogen-bond acceptors (Lipinski definition) is 5. The Labute approximate surface area is 117 Å². The van der Waals surface area contributed by atoms with Gasteiger partial charge in [-0.3, -0.25) is 4.72 Å². The molecule has 0 saturated carbocycles. The van der Waals surface area contributed by atoms with Gasteiger partial charge in [0, 0.05) is 6.07 Å². The topological polar surface area (TPSA) is 110 Å². The first-order valence-corrected chi connectivity index (χ1v) is 6.87. The van der Waals surface area contributed by atoms with Crippen molar-refractivity contribution in [1.82, 2.24) is 5.16 Å². The normalized spacial score (nSPS) is 11.4. The quantitative estimate of drug-likeness (QED) is 0.889. The highest BCUT2D eigenvalue weighted by Crippen LogP contribution is 2.22. The Kier molecular flexibility index (Phi) is 3.64. The largest absolute Gasteiger partial charge is 0.478 e. The number of carboxylic acids is 1. The van der Waals surface area contributed by atoms with Gasteiger partial charge in [-0.05, 0) is 19.1 Å². The highest BCUT2D eigenvalue weighted by atomic mass is 32.2. The van der Waals surface area contributed by atoms with E-state index in [4.69, 9.17) is 5.11 Å². The zero-order chi connectivity index (χ0) is 15.8. The van der Waals surface area contributed by atoms with Crippen molar-refractivity contribution in [3.8, 4) is 0 Å². The number of carbonyl (C=O) groups is 1. The van der Waals surface area contributed by atoms with E-state index in [2.05, 4.69) is 9.68 Å². The standard InChI is InChI=1S/C11H8F2N2O5S/c1-5-2-9(14-20-5)15-21(18,19)8-4-6(11(16)17)3-7(12)10(8)13/h2-4H,1H3,(H,14,15)(H,16,17). The van der Waals surface area contributed by atoms with E-state index in [9.17, 15) is 22.0 Å². The van der Waals surface area contributed by atoms with Crippen molar-refractivity contribution in [2.45, 2.75) is 11.8 Å². The lowest BCUT2D eigenvalue weighted by Gasteiger charge is -2.07. The number of halogens is 2. The SMILES string of the molecule is Cc1cc(NS(=O)(=O)c2cc(C(=O)O)cc(F)c2F)no1. The summed E-state index contributed by atoms with van der Waals surface area (Å²) in [6.07, 6.45) is 0. The number of nitrogens with one attached hydrogen (secondary N) is 1. The van der Waals surface area contributed by atoms with Crippen molar-refractivity contribution >= 4 is 21.8 Å². The summed E-state index contributed by atoms with van der Waals surface area (Å²) in [6, 6.07) is 2.11. The maximum absolute atomic E-state index is 13.6. The smallest absolute Gasteiger partial charge is 0.335 e. The van der Waals surface area contributed by atoms with E-state index >= 15 is 0 Å². The Bertz CT molecular complexity index is 816. The van der Waals surface area contributed by atoms with Crippen molar-refractivity contribution in [2.75, 3.05) is 4.72 Å². The molecule has 2 N–H and O–H groups in total. The van der Waals surface area contributed by atoms with Crippen molar-refractivity contribution in [1.29, 1.82) is 0 Å². The van der Waals surface area contributed by atoms with Crippen LogP contribution in [0.4, 0.5) is 14.6 Å². The molecule has 0 spiro atoms. The lowest BCUT2D eigenvalue weighted by molar-refractivity contribution is 0.0696. The second-order valence-corrected chi connectivity index (χ2v) is 5.65. The summed E-state index contributed by atoms with van der Waals surface area (Å²) >= 11 is 0. The van der Waals surface area contributed by atoms with E-state index in [0.29, 0.717) is 17.9 Å². The number of benzene rings is 1. The number of carboxylic acid groups (broad SMARTS) is 1. The van der Waals surface area contributed by atoms with Crippen LogP contribution in [0, 0.1) is 18.6 Å². The van der Waals surface area contributed by atoms with Crippen LogP contribution in [0.3, 0.4) is 0 Å². The van der Waals surface area contributed by atoms with Crippen LogP contribution in [0.15, 0.2) is 27.6 Å². The maximum Gasteiger partial charge on any atom is 0.335 e. The molecule has 7 nitrogen and oxygen atoms in total. The van der Waals surface area contributed by atoms with Crippen molar-refractivity contribution in [3.63, 3.8) is 0 Å². The van der Waals surface area contributed by atoms with Gasteiger partial charge in [-0.15, -0.1) is 0 Å². The summed E-state index contributed by atoms with van der Waals surface area (Å²) in [7, 11) is -4.56. The fourth-order valence-corrected chi connectivity index (χ4v) is 2.59. The van der Waals surface area contributed by atoms with E-state index < -0.39 is 38.1 Å². The van der Waals surface area contributed by atoms with Crippen LogP contribution in [-0.4, -0.2) is 24.7 Å². The molecule has 0 aliphatic carbocycles. The molecule has 1 aromatic carbocycles. The molecule has 1 aromatic heterocycles. The van der Waals surface area contributed by atoms with Crippen LogP contribution in [0.1, 0.15) is 16.1 Å². The van der Waals surface area contributed by atoms with Gasteiger partial charge in [0.05, 0.1) is 5.56 Å². The Balaban J connectivity index is 2.51. The molecule has 0 saturated heterocycles. The highest BCUT2D eigenvalue weighted by molar-refractivity contribution is 7.92. The first kappa shape index (κ1) is 14.9. The molecular formula is C11H8F2N2O5S. The van der Waals surface area contributed by atoms with Gasteiger partial charge >= 0.3 is 5.97 Å². The van der Waals surface area contributed by atoms with E-state index in [1.807, 2.05) is 4.72 Å². The number of rotatable bonds is 4. The van der Waals surface area contributed by atoms with Crippen LogP contribution >= 0.6 is 0 Å². The number of hydrogen-bond donors (Lipinski definition) is 2. The van der Waals surface area contributed by atoms with Gasteiger partial charge in [-0.1, -0.05) is 5.16 Å². The van der Waals surface area contributed by atoms with Gasteiger partial charge in [-0.2, -0.15) is 0 Å². The fraction of sp³-hybridized carbons (Fsp3) is 0.0909. The van der Waals surface area contributed by atoms with Crippen molar-refractivity contribution in [3.05, 3.63) is 41.2 Å². The molecule has 0 fully saturated rings. The van der Waals surface area contributed by atoms with Crippen LogP contribution < -0.4 is 4.72 Å².